The third kappa shape index (κ3) is 9.25. The van der Waals surface area contributed by atoms with Gasteiger partial charge in [-0.05, 0) is 107 Å². The Balaban J connectivity index is 1.37. The maximum absolute atomic E-state index is 15.5. The number of hydrogen-bond acceptors (Lipinski definition) is 7. The summed E-state index contributed by atoms with van der Waals surface area (Å²) < 4.78 is 15.1. The molecule has 334 valence electrons. The number of piperidine rings is 2. The Kier molecular flexibility index (Phi) is 13.9. The first kappa shape index (κ1) is 46.2. The van der Waals surface area contributed by atoms with E-state index in [1.165, 1.54) is 64.2 Å². The van der Waals surface area contributed by atoms with E-state index in [0.717, 1.165) is 77.0 Å². The number of carbonyl (C=O) groups excluding carboxylic acids is 2. The van der Waals surface area contributed by atoms with Crippen molar-refractivity contribution in [1.29, 1.82) is 0 Å². The number of hydrogen-bond donors (Lipinski definition) is 3. The van der Waals surface area contributed by atoms with Gasteiger partial charge in [0.2, 0.25) is 0 Å². The van der Waals surface area contributed by atoms with E-state index in [-0.39, 0.29) is 58.9 Å². The fraction of sp³-hybridized carbons (Fsp3) is 0.959. The first-order valence-corrected chi connectivity index (χ1v) is 24.5. The van der Waals surface area contributed by atoms with Gasteiger partial charge < -0.3 is 35.0 Å². The lowest BCUT2D eigenvalue weighted by Crippen LogP contribution is -2.70. The summed E-state index contributed by atoms with van der Waals surface area (Å²) >= 11 is 0. The van der Waals surface area contributed by atoms with Crippen LogP contribution in [0.2, 0.25) is 0 Å². The minimum absolute atomic E-state index is 0.0328. The van der Waals surface area contributed by atoms with Gasteiger partial charge in [-0.3, -0.25) is 9.59 Å². The Bertz CT molecular complexity index is 1300. The Labute approximate surface area is 354 Å². The van der Waals surface area contributed by atoms with Crippen molar-refractivity contribution in [2.24, 2.45) is 11.8 Å². The number of rotatable bonds is 4. The first-order valence-electron chi connectivity index (χ1n) is 24.5. The van der Waals surface area contributed by atoms with Crippen molar-refractivity contribution in [3.8, 4) is 0 Å². The summed E-state index contributed by atoms with van der Waals surface area (Å²) in [7, 11) is 0. The molecule has 2 aliphatic carbocycles. The normalized spacial score (nSPS) is 36.3. The predicted octanol–water partition coefficient (Wildman–Crippen LogP) is 9.92. The fourth-order valence-electron chi connectivity index (χ4n) is 13.4. The molecule has 6 aliphatic rings. The minimum Gasteiger partial charge on any atom is -0.389 e. The summed E-state index contributed by atoms with van der Waals surface area (Å²) in [5, 5.41) is 20.3. The maximum Gasteiger partial charge on any atom is 0.257 e. The minimum atomic E-state index is -0.998. The van der Waals surface area contributed by atoms with Crippen LogP contribution in [-0.4, -0.2) is 90.7 Å². The lowest BCUT2D eigenvalue weighted by molar-refractivity contribution is -0.201. The average molecular weight is 813 g/mol. The van der Waals surface area contributed by atoms with Gasteiger partial charge in [-0.15, -0.1) is 0 Å². The van der Waals surface area contributed by atoms with E-state index in [1.54, 1.807) is 0 Å². The highest BCUT2D eigenvalue weighted by Crippen LogP contribution is 2.55. The van der Waals surface area contributed by atoms with Crippen molar-refractivity contribution in [3.63, 3.8) is 0 Å². The van der Waals surface area contributed by atoms with Gasteiger partial charge in [0, 0.05) is 46.8 Å². The van der Waals surface area contributed by atoms with Crippen LogP contribution in [0.3, 0.4) is 0 Å². The van der Waals surface area contributed by atoms with Crippen LogP contribution in [0.15, 0.2) is 0 Å². The molecule has 4 spiro atoms. The number of aliphatic hydroxyl groups is 1. The zero-order valence-corrected chi connectivity index (χ0v) is 39.1. The zero-order valence-electron chi connectivity index (χ0n) is 39.1. The Hall–Kier alpha value is -1.26. The maximum atomic E-state index is 15.5. The smallest absolute Gasteiger partial charge is 0.257 e. The predicted molar refractivity (Wildman–Crippen MR) is 234 cm³/mol. The molecule has 0 aromatic heterocycles. The van der Waals surface area contributed by atoms with Gasteiger partial charge in [-0.25, -0.2) is 0 Å². The van der Waals surface area contributed by atoms with Gasteiger partial charge in [0.25, 0.3) is 11.8 Å². The van der Waals surface area contributed by atoms with Crippen molar-refractivity contribution < 1.29 is 24.2 Å². The van der Waals surface area contributed by atoms with Crippen LogP contribution in [0.5, 0.6) is 0 Å². The highest BCUT2D eigenvalue weighted by Gasteiger charge is 2.70. The summed E-state index contributed by atoms with van der Waals surface area (Å²) in [5.74, 6) is -0.0974. The summed E-state index contributed by atoms with van der Waals surface area (Å²) in [4.78, 5) is 35.1. The van der Waals surface area contributed by atoms with Crippen LogP contribution in [0.1, 0.15) is 223 Å². The van der Waals surface area contributed by atoms with Gasteiger partial charge in [0.15, 0.2) is 11.2 Å². The van der Waals surface area contributed by atoms with E-state index in [1.807, 2.05) is 9.80 Å². The largest absolute Gasteiger partial charge is 0.389 e. The van der Waals surface area contributed by atoms with Gasteiger partial charge in [0.1, 0.15) is 11.4 Å². The summed E-state index contributed by atoms with van der Waals surface area (Å²) in [6.07, 6.45) is 24.3. The van der Waals surface area contributed by atoms with Gasteiger partial charge >= 0.3 is 0 Å². The quantitative estimate of drug-likeness (QED) is 0.260. The van der Waals surface area contributed by atoms with Gasteiger partial charge in [-0.2, -0.15) is 0 Å². The molecule has 6 rings (SSSR count). The number of β-amino-alcohol motifs (C(OH)–C–C–N with tert-alkyl or cyclic N) is 1. The number of carbonyl (C=O) groups is 2. The Morgan fingerprint density at radius 2 is 0.776 bits per heavy atom. The van der Waals surface area contributed by atoms with Crippen LogP contribution in [0.25, 0.3) is 0 Å². The van der Waals surface area contributed by atoms with Gasteiger partial charge in [0.05, 0.1) is 19.2 Å². The van der Waals surface area contributed by atoms with Crippen molar-refractivity contribution in [1.82, 2.24) is 20.4 Å². The molecule has 3 N–H and O–H groups in total. The van der Waals surface area contributed by atoms with E-state index >= 15 is 9.59 Å². The number of nitrogens with zero attached hydrogens (tertiary/aromatic N) is 2. The third-order valence-electron chi connectivity index (χ3n) is 16.3. The second-order valence-corrected chi connectivity index (χ2v) is 23.0. The molecule has 58 heavy (non-hydrogen) atoms. The average Bonchev–Trinajstić information content (AvgIpc) is 3.45. The van der Waals surface area contributed by atoms with Crippen LogP contribution in [-0.2, 0) is 19.1 Å². The topological polar surface area (TPSA) is 103 Å². The molecule has 2 amide bonds. The van der Waals surface area contributed by atoms with E-state index in [0.29, 0.717) is 12.8 Å². The van der Waals surface area contributed by atoms with Crippen LogP contribution in [0, 0.1) is 11.8 Å². The standard InChI is InChI=1S/C49H88N4O5/c1-37-44(7,8)50-42(3,4)35-48(37)40(55)52(46(57-48)29-25-21-17-13-11-14-18-22-26-30-46)33-39(54)34-53-41(56)49(36-43(5,6)51-45(9,10)38(49)2)58-47(53)31-27-23-19-15-12-16-20-24-28-32-47/h37-39,50-51,54H,11-36H2,1-10H3. The molecule has 6 fully saturated rings. The van der Waals surface area contributed by atoms with Gasteiger partial charge in [-0.1, -0.05) is 104 Å². The highest BCUT2D eigenvalue weighted by molar-refractivity contribution is 5.90. The number of nitrogens with one attached hydrogen (secondary N) is 2. The molecule has 0 bridgehead atoms. The molecule has 0 radical (unpaired) electrons. The molecule has 9 nitrogen and oxygen atoms in total. The third-order valence-corrected chi connectivity index (χ3v) is 16.3. The van der Waals surface area contributed by atoms with Crippen molar-refractivity contribution in [2.45, 2.75) is 274 Å². The highest BCUT2D eigenvalue weighted by atomic mass is 16.6. The summed E-state index contributed by atoms with van der Waals surface area (Å²) in [5.41, 5.74) is -4.86. The second-order valence-electron chi connectivity index (χ2n) is 23.0. The number of aliphatic hydroxyl groups excluding tert-OH is 1. The molecule has 0 aromatic carbocycles. The number of ether oxygens (including phenoxy) is 2. The lowest BCUT2D eigenvalue weighted by Gasteiger charge is -2.54. The Morgan fingerprint density at radius 3 is 1.05 bits per heavy atom. The molecule has 4 aliphatic heterocycles. The monoisotopic (exact) mass is 813 g/mol. The van der Waals surface area contributed by atoms with E-state index < -0.39 is 28.8 Å². The van der Waals surface area contributed by atoms with Crippen molar-refractivity contribution in [2.75, 3.05) is 13.1 Å². The first-order chi connectivity index (χ1) is 27.2. The van der Waals surface area contributed by atoms with Crippen LogP contribution >= 0.6 is 0 Å². The van der Waals surface area contributed by atoms with Crippen molar-refractivity contribution >= 4 is 11.8 Å². The number of amides is 2. The molecular weight excluding hydrogens is 725 g/mol. The molecule has 4 atom stereocenters. The van der Waals surface area contributed by atoms with Crippen LogP contribution in [0.4, 0.5) is 0 Å². The molecule has 4 saturated heterocycles. The molecule has 4 unspecified atom stereocenters. The SMILES string of the molecule is CC1C(C)(C)NC(C)(C)CC12OC1(CCCCCCCCCCC1)N(CC(O)CN1C(=O)C3(CC(C)(C)NC(C)(C)C3C)OC13CCCCCCCCCCC3)C2=O. The molecule has 2 saturated carbocycles. The van der Waals surface area contributed by atoms with Crippen molar-refractivity contribution in [3.05, 3.63) is 0 Å². The lowest BCUT2D eigenvalue weighted by atomic mass is 9.65. The van der Waals surface area contributed by atoms with E-state index in [4.69, 9.17) is 9.47 Å². The second kappa shape index (κ2) is 17.5. The summed E-state index contributed by atoms with van der Waals surface area (Å²) in [6.45, 7) is 22.3. The van der Waals surface area contributed by atoms with E-state index in [2.05, 4.69) is 79.9 Å². The molecular formula is C49H88N4O5. The summed E-state index contributed by atoms with van der Waals surface area (Å²) in [6, 6.07) is 0. The van der Waals surface area contributed by atoms with E-state index in [9.17, 15) is 5.11 Å². The molecule has 4 heterocycles. The Morgan fingerprint density at radius 1 is 0.517 bits per heavy atom. The molecule has 9 heteroatoms. The molecule has 0 aromatic rings. The van der Waals surface area contributed by atoms with Crippen LogP contribution < -0.4 is 10.6 Å². The fourth-order valence-corrected chi connectivity index (χ4v) is 13.4. The zero-order chi connectivity index (χ0) is 42.3.